The Labute approximate surface area is 113 Å². The maximum atomic E-state index is 6.13. The van der Waals surface area contributed by atoms with Crippen LogP contribution in [0.2, 0.25) is 0 Å². The maximum Gasteiger partial charge on any atom is 0.0484 e. The van der Waals surface area contributed by atoms with Crippen LogP contribution in [-0.4, -0.2) is 36.7 Å². The summed E-state index contributed by atoms with van der Waals surface area (Å²) in [5, 5.41) is 2.23. The minimum Gasteiger partial charge on any atom is -0.381 e. The van der Waals surface area contributed by atoms with Crippen molar-refractivity contribution in [3.8, 4) is 0 Å². The van der Waals surface area contributed by atoms with Gasteiger partial charge in [-0.25, -0.2) is 0 Å². The van der Waals surface area contributed by atoms with Gasteiger partial charge in [0.1, 0.15) is 0 Å². The highest BCUT2D eigenvalue weighted by molar-refractivity contribution is 7.10. The molecule has 18 heavy (non-hydrogen) atoms. The van der Waals surface area contributed by atoms with Gasteiger partial charge in [0.05, 0.1) is 0 Å². The van der Waals surface area contributed by atoms with Gasteiger partial charge in [-0.2, -0.15) is 0 Å². The first-order chi connectivity index (χ1) is 8.77. The smallest absolute Gasteiger partial charge is 0.0484 e. The molecule has 0 bridgehead atoms. The van der Waals surface area contributed by atoms with Crippen molar-refractivity contribution in [2.24, 2.45) is 5.73 Å². The van der Waals surface area contributed by atoms with Gasteiger partial charge in [-0.05, 0) is 43.2 Å². The molecule has 0 amide bonds. The van der Waals surface area contributed by atoms with Gasteiger partial charge in [-0.1, -0.05) is 0 Å². The average molecular weight is 266 g/mol. The zero-order valence-electron chi connectivity index (χ0n) is 11.0. The summed E-state index contributed by atoms with van der Waals surface area (Å²) in [4.78, 5) is 4.21. The number of hydrogen-bond acceptors (Lipinski definition) is 4. The van der Waals surface area contributed by atoms with Crippen LogP contribution in [0, 0.1) is 0 Å². The Bertz CT molecular complexity index is 412. The van der Waals surface area contributed by atoms with Crippen molar-refractivity contribution in [3.05, 3.63) is 21.9 Å². The highest BCUT2D eigenvalue weighted by atomic mass is 32.1. The Kier molecular flexibility index (Phi) is 3.45. The van der Waals surface area contributed by atoms with Gasteiger partial charge in [-0.15, -0.1) is 11.3 Å². The van der Waals surface area contributed by atoms with Crippen molar-refractivity contribution in [1.82, 2.24) is 4.90 Å². The van der Waals surface area contributed by atoms with Crippen LogP contribution in [0.4, 0.5) is 0 Å². The van der Waals surface area contributed by atoms with E-state index in [0.29, 0.717) is 6.04 Å². The van der Waals surface area contributed by atoms with Crippen LogP contribution in [0.3, 0.4) is 0 Å². The molecule has 100 valence electrons. The highest BCUT2D eigenvalue weighted by Gasteiger charge is 2.41. The first-order valence-corrected chi connectivity index (χ1v) is 7.76. The van der Waals surface area contributed by atoms with Crippen molar-refractivity contribution >= 4 is 11.3 Å². The summed E-state index contributed by atoms with van der Waals surface area (Å²) in [7, 11) is 0. The fourth-order valence-electron chi connectivity index (χ4n) is 3.52. The topological polar surface area (TPSA) is 38.5 Å². The number of rotatable bonds is 2. The van der Waals surface area contributed by atoms with Crippen LogP contribution in [0.5, 0.6) is 0 Å². The summed E-state index contributed by atoms with van der Waals surface area (Å²) in [5.41, 5.74) is 7.81. The van der Waals surface area contributed by atoms with Crippen LogP contribution in [-0.2, 0) is 11.2 Å². The second-order valence-corrected chi connectivity index (χ2v) is 6.46. The van der Waals surface area contributed by atoms with Gasteiger partial charge < -0.3 is 10.5 Å². The zero-order valence-corrected chi connectivity index (χ0v) is 11.8. The molecule has 3 heterocycles. The van der Waals surface area contributed by atoms with E-state index in [1.165, 1.54) is 12.0 Å². The molecule has 4 heteroatoms. The van der Waals surface area contributed by atoms with Gasteiger partial charge in [0.15, 0.2) is 0 Å². The second-order valence-electron chi connectivity index (χ2n) is 5.46. The molecule has 1 aromatic rings. The molecule has 1 saturated heterocycles. The van der Waals surface area contributed by atoms with E-state index in [9.17, 15) is 0 Å². The van der Waals surface area contributed by atoms with Crippen molar-refractivity contribution in [2.45, 2.75) is 37.8 Å². The fourth-order valence-corrected chi connectivity index (χ4v) is 4.48. The minimum absolute atomic E-state index is 0.164. The molecule has 0 radical (unpaired) electrons. The van der Waals surface area contributed by atoms with Crippen LogP contribution in [0.1, 0.15) is 36.2 Å². The molecular weight excluding hydrogens is 244 g/mol. The van der Waals surface area contributed by atoms with Gasteiger partial charge in [0.25, 0.3) is 0 Å². The third-order valence-corrected chi connectivity index (χ3v) is 5.69. The Morgan fingerprint density at radius 1 is 1.50 bits per heavy atom. The molecule has 3 nitrogen and oxygen atoms in total. The predicted octanol–water partition coefficient (Wildman–Crippen LogP) is 2.18. The lowest BCUT2D eigenvalue weighted by Gasteiger charge is -2.50. The van der Waals surface area contributed by atoms with Crippen molar-refractivity contribution in [2.75, 3.05) is 26.3 Å². The lowest BCUT2D eigenvalue weighted by Crippen LogP contribution is -2.58. The van der Waals surface area contributed by atoms with Gasteiger partial charge in [0, 0.05) is 42.8 Å². The van der Waals surface area contributed by atoms with E-state index < -0.39 is 0 Å². The van der Waals surface area contributed by atoms with Crippen molar-refractivity contribution in [1.29, 1.82) is 0 Å². The van der Waals surface area contributed by atoms with E-state index >= 15 is 0 Å². The summed E-state index contributed by atoms with van der Waals surface area (Å²) in [6, 6.07) is 2.79. The lowest BCUT2D eigenvalue weighted by atomic mass is 9.84. The van der Waals surface area contributed by atoms with Gasteiger partial charge >= 0.3 is 0 Å². The molecule has 0 spiro atoms. The van der Waals surface area contributed by atoms with E-state index in [4.69, 9.17) is 10.5 Å². The SMILES string of the molecule is CC1c2ccsc2CCN1C1(CN)CCOCC1. The standard InChI is InChI=1S/C14H22N2OS/c1-11-12-3-9-18-13(12)2-6-16(11)14(10-15)4-7-17-8-5-14/h3,9,11H,2,4-8,10,15H2,1H3. The quantitative estimate of drug-likeness (QED) is 0.891. The normalized spacial score (nSPS) is 28.0. The summed E-state index contributed by atoms with van der Waals surface area (Å²) < 4.78 is 5.53. The summed E-state index contributed by atoms with van der Waals surface area (Å²) in [5.74, 6) is 0. The highest BCUT2D eigenvalue weighted by Crippen LogP contribution is 2.40. The number of ether oxygens (including phenoxy) is 1. The molecule has 1 aromatic heterocycles. The Morgan fingerprint density at radius 2 is 2.28 bits per heavy atom. The fraction of sp³-hybridized carbons (Fsp3) is 0.714. The van der Waals surface area contributed by atoms with Crippen molar-refractivity contribution < 1.29 is 4.74 Å². The number of thiophene rings is 1. The first-order valence-electron chi connectivity index (χ1n) is 6.88. The average Bonchev–Trinajstić information content (AvgIpc) is 2.89. The third kappa shape index (κ3) is 1.92. The van der Waals surface area contributed by atoms with Crippen LogP contribution in [0.15, 0.2) is 11.4 Å². The Balaban J connectivity index is 1.88. The second kappa shape index (κ2) is 4.93. The summed E-state index contributed by atoms with van der Waals surface area (Å²) in [6.07, 6.45) is 3.33. The predicted molar refractivity (Wildman–Crippen MR) is 75.0 cm³/mol. The van der Waals surface area contributed by atoms with Crippen LogP contribution in [0.25, 0.3) is 0 Å². The summed E-state index contributed by atoms with van der Waals surface area (Å²) >= 11 is 1.90. The summed E-state index contributed by atoms with van der Waals surface area (Å²) in [6.45, 7) is 5.94. The number of fused-ring (bicyclic) bond motifs is 1. The molecule has 2 N–H and O–H groups in total. The largest absolute Gasteiger partial charge is 0.381 e. The lowest BCUT2D eigenvalue weighted by molar-refractivity contribution is -0.0440. The van der Waals surface area contributed by atoms with Crippen LogP contribution < -0.4 is 5.73 Å². The monoisotopic (exact) mass is 266 g/mol. The molecule has 0 saturated carbocycles. The Hall–Kier alpha value is -0.420. The third-order valence-electron chi connectivity index (χ3n) is 4.69. The molecule has 2 aliphatic heterocycles. The maximum absolute atomic E-state index is 6.13. The zero-order chi connectivity index (χ0) is 12.6. The number of nitrogens with two attached hydrogens (primary N) is 1. The van der Waals surface area contributed by atoms with E-state index in [2.05, 4.69) is 23.3 Å². The molecule has 0 aromatic carbocycles. The van der Waals surface area contributed by atoms with Crippen LogP contribution >= 0.6 is 11.3 Å². The number of hydrogen-bond donors (Lipinski definition) is 1. The Morgan fingerprint density at radius 3 is 3.00 bits per heavy atom. The van der Waals surface area contributed by atoms with E-state index in [1.807, 2.05) is 11.3 Å². The molecule has 1 unspecified atom stereocenters. The molecule has 1 atom stereocenters. The molecule has 1 fully saturated rings. The van der Waals surface area contributed by atoms with Crippen molar-refractivity contribution in [3.63, 3.8) is 0 Å². The first kappa shape index (κ1) is 12.6. The van der Waals surface area contributed by atoms with Gasteiger partial charge in [-0.3, -0.25) is 4.90 Å². The minimum atomic E-state index is 0.164. The molecular formula is C14H22N2OS. The van der Waals surface area contributed by atoms with E-state index in [-0.39, 0.29) is 5.54 Å². The molecule has 3 rings (SSSR count). The molecule has 2 aliphatic rings. The van der Waals surface area contributed by atoms with E-state index in [1.54, 1.807) is 4.88 Å². The number of nitrogens with zero attached hydrogens (tertiary/aromatic N) is 1. The van der Waals surface area contributed by atoms with E-state index in [0.717, 1.165) is 39.1 Å². The molecule has 0 aliphatic carbocycles. The van der Waals surface area contributed by atoms with Gasteiger partial charge in [0.2, 0.25) is 0 Å².